The first-order valence-corrected chi connectivity index (χ1v) is 6.43. The van der Waals surface area contributed by atoms with Crippen molar-refractivity contribution < 1.29 is 9.13 Å². The van der Waals surface area contributed by atoms with Gasteiger partial charge in [0.2, 0.25) is 0 Å². The van der Waals surface area contributed by atoms with Gasteiger partial charge in [0.05, 0.1) is 7.11 Å². The van der Waals surface area contributed by atoms with Crippen LogP contribution >= 0.6 is 0 Å². The third-order valence-corrected chi connectivity index (χ3v) is 3.36. The molecule has 4 heteroatoms. The predicted molar refractivity (Wildman–Crippen MR) is 70.3 cm³/mol. The first-order valence-electron chi connectivity index (χ1n) is 6.43. The molecule has 2 rings (SSSR count). The number of rotatable bonds is 5. The number of nitrogens with zero attached hydrogens (tertiary/aromatic N) is 1. The first-order chi connectivity index (χ1) is 8.69. The molecule has 1 aromatic rings. The van der Waals surface area contributed by atoms with Crippen molar-refractivity contribution in [3.63, 3.8) is 0 Å². The Bertz CT molecular complexity index is 391. The molecule has 1 aliphatic heterocycles. The molecule has 0 aliphatic carbocycles. The predicted octanol–water partition coefficient (Wildman–Crippen LogP) is 2.02. The Labute approximate surface area is 108 Å². The Balaban J connectivity index is 1.89. The molecule has 1 N–H and O–H groups in total. The fourth-order valence-corrected chi connectivity index (χ4v) is 2.47. The molecular weight excluding hydrogens is 231 g/mol. The quantitative estimate of drug-likeness (QED) is 0.867. The van der Waals surface area contributed by atoms with E-state index in [9.17, 15) is 4.39 Å². The molecule has 0 saturated carbocycles. The molecule has 1 aliphatic rings. The fraction of sp³-hybridized carbons (Fsp3) is 0.571. The summed E-state index contributed by atoms with van der Waals surface area (Å²) in [5.74, 6) is 0.0151. The van der Waals surface area contributed by atoms with Crippen LogP contribution < -0.4 is 10.1 Å². The van der Waals surface area contributed by atoms with Crippen LogP contribution in [0.15, 0.2) is 18.2 Å². The molecule has 1 heterocycles. The van der Waals surface area contributed by atoms with E-state index < -0.39 is 0 Å². The molecule has 0 radical (unpaired) electrons. The lowest BCUT2D eigenvalue weighted by molar-refractivity contribution is 0.292. The number of ether oxygens (including phenoxy) is 1. The Morgan fingerprint density at radius 1 is 1.50 bits per heavy atom. The van der Waals surface area contributed by atoms with Gasteiger partial charge < -0.3 is 15.0 Å². The summed E-state index contributed by atoms with van der Waals surface area (Å²) < 4.78 is 18.5. The highest BCUT2D eigenvalue weighted by atomic mass is 19.1. The normalized spacial score (nSPS) is 19.4. The molecule has 1 saturated heterocycles. The summed E-state index contributed by atoms with van der Waals surface area (Å²) in [7, 11) is 3.55. The van der Waals surface area contributed by atoms with Gasteiger partial charge in [-0.1, -0.05) is 6.07 Å². The van der Waals surface area contributed by atoms with Crippen LogP contribution in [0.2, 0.25) is 0 Å². The second kappa shape index (κ2) is 6.16. The van der Waals surface area contributed by atoms with E-state index >= 15 is 0 Å². The molecule has 1 atom stereocenters. The van der Waals surface area contributed by atoms with Crippen LogP contribution in [-0.4, -0.2) is 38.2 Å². The molecule has 0 amide bonds. The maximum Gasteiger partial charge on any atom is 0.165 e. The Morgan fingerprint density at radius 2 is 2.33 bits per heavy atom. The minimum atomic E-state index is -0.289. The van der Waals surface area contributed by atoms with Gasteiger partial charge in [0, 0.05) is 19.1 Å². The summed E-state index contributed by atoms with van der Waals surface area (Å²) in [6, 6.07) is 5.74. The summed E-state index contributed by atoms with van der Waals surface area (Å²) >= 11 is 0. The van der Waals surface area contributed by atoms with Gasteiger partial charge in [-0.3, -0.25) is 0 Å². The van der Waals surface area contributed by atoms with Crippen molar-refractivity contribution in [2.45, 2.75) is 25.4 Å². The van der Waals surface area contributed by atoms with E-state index in [0.717, 1.165) is 25.2 Å². The van der Waals surface area contributed by atoms with E-state index in [2.05, 4.69) is 17.3 Å². The van der Waals surface area contributed by atoms with Crippen molar-refractivity contribution >= 4 is 0 Å². The molecule has 100 valence electrons. The standard InChI is InChI=1S/C14H21FN2O/c1-17(10-12-4-3-7-16-12)9-11-5-6-14(18-2)13(15)8-11/h5-6,8,12,16H,3-4,7,9-10H2,1-2H3. The number of likely N-dealkylation sites (N-methyl/N-ethyl adjacent to an activating group) is 1. The summed E-state index contributed by atoms with van der Waals surface area (Å²) in [5, 5.41) is 3.47. The van der Waals surface area contributed by atoms with Crippen molar-refractivity contribution in [1.29, 1.82) is 0 Å². The summed E-state index contributed by atoms with van der Waals surface area (Å²) in [6.45, 7) is 2.89. The van der Waals surface area contributed by atoms with E-state index in [4.69, 9.17) is 4.74 Å². The molecule has 0 bridgehead atoms. The summed E-state index contributed by atoms with van der Waals surface area (Å²) in [4.78, 5) is 2.23. The number of hydrogen-bond donors (Lipinski definition) is 1. The molecule has 0 spiro atoms. The van der Waals surface area contributed by atoms with Gasteiger partial charge in [0.15, 0.2) is 11.6 Å². The van der Waals surface area contributed by atoms with Crippen LogP contribution in [0.3, 0.4) is 0 Å². The van der Waals surface area contributed by atoms with Crippen molar-refractivity contribution in [2.75, 3.05) is 27.2 Å². The molecule has 0 aromatic heterocycles. The second-order valence-corrected chi connectivity index (χ2v) is 4.96. The number of benzene rings is 1. The number of methoxy groups -OCH3 is 1. The monoisotopic (exact) mass is 252 g/mol. The van der Waals surface area contributed by atoms with E-state index in [0.29, 0.717) is 11.8 Å². The molecule has 3 nitrogen and oxygen atoms in total. The second-order valence-electron chi connectivity index (χ2n) is 4.96. The lowest BCUT2D eigenvalue weighted by Crippen LogP contribution is -2.34. The van der Waals surface area contributed by atoms with E-state index in [-0.39, 0.29) is 5.82 Å². The van der Waals surface area contributed by atoms with Crippen LogP contribution in [0.4, 0.5) is 4.39 Å². The molecule has 1 aromatic carbocycles. The van der Waals surface area contributed by atoms with Crippen molar-refractivity contribution in [1.82, 2.24) is 10.2 Å². The number of halogens is 1. The van der Waals surface area contributed by atoms with Crippen LogP contribution in [0.5, 0.6) is 5.75 Å². The average molecular weight is 252 g/mol. The van der Waals surface area contributed by atoms with Gasteiger partial charge in [-0.05, 0) is 44.1 Å². The van der Waals surface area contributed by atoms with Gasteiger partial charge in [-0.15, -0.1) is 0 Å². The minimum Gasteiger partial charge on any atom is -0.494 e. The maximum atomic E-state index is 13.5. The third kappa shape index (κ3) is 3.43. The lowest BCUT2D eigenvalue weighted by Gasteiger charge is -2.21. The zero-order chi connectivity index (χ0) is 13.0. The molecular formula is C14H21FN2O. The van der Waals surface area contributed by atoms with Crippen molar-refractivity contribution in [2.24, 2.45) is 0 Å². The maximum absolute atomic E-state index is 13.5. The summed E-state index contributed by atoms with van der Waals surface area (Å²) in [6.07, 6.45) is 2.50. The molecule has 1 fully saturated rings. The highest BCUT2D eigenvalue weighted by Gasteiger charge is 2.16. The largest absolute Gasteiger partial charge is 0.494 e. The van der Waals surface area contributed by atoms with E-state index in [1.807, 2.05) is 6.07 Å². The third-order valence-electron chi connectivity index (χ3n) is 3.36. The highest BCUT2D eigenvalue weighted by Crippen LogP contribution is 2.18. The van der Waals surface area contributed by atoms with Crippen LogP contribution in [0.25, 0.3) is 0 Å². The SMILES string of the molecule is COc1ccc(CN(C)CC2CCCN2)cc1F. The number of hydrogen-bond acceptors (Lipinski definition) is 3. The lowest BCUT2D eigenvalue weighted by atomic mass is 10.1. The van der Waals surface area contributed by atoms with Crippen LogP contribution in [-0.2, 0) is 6.54 Å². The highest BCUT2D eigenvalue weighted by molar-refractivity contribution is 5.29. The van der Waals surface area contributed by atoms with Gasteiger partial charge in [0.1, 0.15) is 0 Å². The zero-order valence-corrected chi connectivity index (χ0v) is 11.1. The first kappa shape index (κ1) is 13.3. The Hall–Kier alpha value is -1.13. The van der Waals surface area contributed by atoms with Crippen molar-refractivity contribution in [3.05, 3.63) is 29.6 Å². The number of nitrogens with one attached hydrogen (secondary N) is 1. The Kier molecular flexibility index (Phi) is 4.55. The van der Waals surface area contributed by atoms with Crippen LogP contribution in [0.1, 0.15) is 18.4 Å². The smallest absolute Gasteiger partial charge is 0.165 e. The van der Waals surface area contributed by atoms with Gasteiger partial charge in [0.25, 0.3) is 0 Å². The molecule has 1 unspecified atom stereocenters. The van der Waals surface area contributed by atoms with Gasteiger partial charge in [-0.2, -0.15) is 0 Å². The molecule has 18 heavy (non-hydrogen) atoms. The Morgan fingerprint density at radius 3 is 2.94 bits per heavy atom. The zero-order valence-electron chi connectivity index (χ0n) is 11.1. The average Bonchev–Trinajstić information content (AvgIpc) is 2.82. The van der Waals surface area contributed by atoms with Gasteiger partial charge in [-0.25, -0.2) is 4.39 Å². The minimum absolute atomic E-state index is 0.289. The van der Waals surface area contributed by atoms with E-state index in [1.165, 1.54) is 20.0 Å². The van der Waals surface area contributed by atoms with E-state index in [1.54, 1.807) is 12.1 Å². The topological polar surface area (TPSA) is 24.5 Å². The fourth-order valence-electron chi connectivity index (χ4n) is 2.47. The summed E-state index contributed by atoms with van der Waals surface area (Å²) in [5.41, 5.74) is 0.980. The van der Waals surface area contributed by atoms with Gasteiger partial charge >= 0.3 is 0 Å². The van der Waals surface area contributed by atoms with Crippen LogP contribution in [0, 0.1) is 5.82 Å². The van der Waals surface area contributed by atoms with Crippen molar-refractivity contribution in [3.8, 4) is 5.75 Å².